The third kappa shape index (κ3) is 2.12. The molecule has 0 aromatic heterocycles. The Kier molecular flexibility index (Phi) is 3.86. The van der Waals surface area contributed by atoms with E-state index in [1.54, 1.807) is 11.8 Å². The molecule has 2 rings (SSSR count). The maximum Gasteiger partial charge on any atom is 0.104 e. The van der Waals surface area contributed by atoms with Crippen molar-refractivity contribution in [1.82, 2.24) is 0 Å². The van der Waals surface area contributed by atoms with Crippen LogP contribution in [0.15, 0.2) is 4.99 Å². The SMILES string of the molecule is OCCC1=N[C@H]2[C@@H](O)[C@H](O)[C@@H](CO)C[C@H]2S1. The summed E-state index contributed by atoms with van der Waals surface area (Å²) in [6.07, 6.45) is -0.643. The molecule has 0 saturated heterocycles. The molecule has 0 bridgehead atoms. The smallest absolute Gasteiger partial charge is 0.104 e. The first kappa shape index (κ1) is 12.3. The van der Waals surface area contributed by atoms with Crippen molar-refractivity contribution in [2.24, 2.45) is 10.9 Å². The molecule has 2 aliphatic rings. The summed E-state index contributed by atoms with van der Waals surface area (Å²) in [6.45, 7) is -0.0648. The van der Waals surface area contributed by atoms with Crippen molar-refractivity contribution in [2.75, 3.05) is 13.2 Å². The van der Waals surface area contributed by atoms with E-state index in [1.165, 1.54) is 0 Å². The predicted octanol–water partition coefficient (Wildman–Crippen LogP) is -1.01. The van der Waals surface area contributed by atoms with Crippen LogP contribution in [0.2, 0.25) is 0 Å². The molecule has 92 valence electrons. The number of thioether (sulfide) groups is 1. The van der Waals surface area contributed by atoms with Crippen molar-refractivity contribution in [1.29, 1.82) is 0 Å². The Morgan fingerprint density at radius 3 is 2.62 bits per heavy atom. The summed E-state index contributed by atoms with van der Waals surface area (Å²) in [4.78, 5) is 4.33. The van der Waals surface area contributed by atoms with Crippen LogP contribution in [-0.4, -0.2) is 62.2 Å². The molecule has 1 fully saturated rings. The Morgan fingerprint density at radius 2 is 2.00 bits per heavy atom. The van der Waals surface area contributed by atoms with Crippen LogP contribution in [0, 0.1) is 5.92 Å². The maximum absolute atomic E-state index is 9.89. The van der Waals surface area contributed by atoms with Gasteiger partial charge in [-0.2, -0.15) is 0 Å². The molecule has 0 spiro atoms. The summed E-state index contributed by atoms with van der Waals surface area (Å²) in [5.41, 5.74) is 0. The third-order valence-electron chi connectivity index (χ3n) is 3.24. The van der Waals surface area contributed by atoms with Gasteiger partial charge in [0.05, 0.1) is 17.2 Å². The first-order chi connectivity index (χ1) is 7.67. The highest BCUT2D eigenvalue weighted by Crippen LogP contribution is 2.40. The van der Waals surface area contributed by atoms with E-state index in [2.05, 4.69) is 4.99 Å². The standard InChI is InChI=1S/C10H17NO4S/c12-2-1-7-11-8-6(16-7)3-5(4-13)9(14)10(8)15/h5-6,8-10,12-15H,1-4H2/t5-,6-,8-,9-,10-/m1/s1. The quantitative estimate of drug-likeness (QED) is 0.512. The van der Waals surface area contributed by atoms with Gasteiger partial charge in [0.25, 0.3) is 0 Å². The third-order valence-corrected chi connectivity index (χ3v) is 4.60. The molecule has 0 radical (unpaired) electrons. The van der Waals surface area contributed by atoms with Crippen LogP contribution in [0.4, 0.5) is 0 Å². The number of hydrogen-bond donors (Lipinski definition) is 4. The van der Waals surface area contributed by atoms with Crippen molar-refractivity contribution in [3.63, 3.8) is 0 Å². The van der Waals surface area contributed by atoms with E-state index in [1.807, 2.05) is 0 Å². The molecule has 5 nitrogen and oxygen atoms in total. The van der Waals surface area contributed by atoms with Crippen LogP contribution in [0.5, 0.6) is 0 Å². The first-order valence-electron chi connectivity index (χ1n) is 5.48. The molecule has 0 aromatic carbocycles. The minimum Gasteiger partial charge on any atom is -0.396 e. The molecule has 6 heteroatoms. The topological polar surface area (TPSA) is 93.3 Å². The van der Waals surface area contributed by atoms with Crippen LogP contribution in [0.25, 0.3) is 0 Å². The predicted molar refractivity (Wildman–Crippen MR) is 61.5 cm³/mol. The second-order valence-electron chi connectivity index (χ2n) is 4.30. The molecule has 1 aliphatic heterocycles. The second-order valence-corrected chi connectivity index (χ2v) is 5.62. The normalized spacial score (nSPS) is 43.0. The van der Waals surface area contributed by atoms with E-state index in [9.17, 15) is 10.2 Å². The summed E-state index contributed by atoms with van der Waals surface area (Å²) in [6, 6.07) is -0.288. The maximum atomic E-state index is 9.89. The van der Waals surface area contributed by atoms with Gasteiger partial charge in [0.1, 0.15) is 6.10 Å². The molecule has 0 aromatic rings. The Labute approximate surface area is 98.2 Å². The van der Waals surface area contributed by atoms with Gasteiger partial charge in [0.15, 0.2) is 0 Å². The Balaban J connectivity index is 2.08. The fourth-order valence-corrected chi connectivity index (χ4v) is 3.77. The van der Waals surface area contributed by atoms with Gasteiger partial charge in [-0.25, -0.2) is 0 Å². The van der Waals surface area contributed by atoms with Crippen molar-refractivity contribution in [3.8, 4) is 0 Å². The first-order valence-corrected chi connectivity index (χ1v) is 6.36. The summed E-state index contributed by atoms with van der Waals surface area (Å²) in [5.74, 6) is -0.271. The number of aliphatic hydroxyl groups is 4. The fraction of sp³-hybridized carbons (Fsp3) is 0.900. The van der Waals surface area contributed by atoms with Crippen LogP contribution in [-0.2, 0) is 0 Å². The van der Waals surface area contributed by atoms with Gasteiger partial charge in [-0.15, -0.1) is 11.8 Å². The van der Waals surface area contributed by atoms with Crippen molar-refractivity contribution >= 4 is 16.8 Å². The van der Waals surface area contributed by atoms with E-state index >= 15 is 0 Å². The average Bonchev–Trinajstić information content (AvgIpc) is 2.67. The minimum absolute atomic E-state index is 0.0490. The number of aliphatic imine (C=N–C) groups is 1. The monoisotopic (exact) mass is 247 g/mol. The van der Waals surface area contributed by atoms with Gasteiger partial charge in [0.2, 0.25) is 0 Å². The van der Waals surface area contributed by atoms with Gasteiger partial charge < -0.3 is 20.4 Å². The summed E-state index contributed by atoms with van der Waals surface area (Å²) < 4.78 is 0. The van der Waals surface area contributed by atoms with Crippen molar-refractivity contribution < 1.29 is 20.4 Å². The average molecular weight is 247 g/mol. The molecule has 1 heterocycles. The van der Waals surface area contributed by atoms with Crippen molar-refractivity contribution in [3.05, 3.63) is 0 Å². The highest BCUT2D eigenvalue weighted by Gasteiger charge is 2.46. The van der Waals surface area contributed by atoms with E-state index in [0.29, 0.717) is 12.8 Å². The lowest BCUT2D eigenvalue weighted by molar-refractivity contribution is -0.0646. The molecule has 1 saturated carbocycles. The summed E-state index contributed by atoms with van der Waals surface area (Å²) in [7, 11) is 0. The lowest BCUT2D eigenvalue weighted by Crippen LogP contribution is -2.51. The van der Waals surface area contributed by atoms with E-state index in [-0.39, 0.29) is 30.4 Å². The number of hydrogen-bond acceptors (Lipinski definition) is 6. The molecule has 16 heavy (non-hydrogen) atoms. The van der Waals surface area contributed by atoms with Crippen LogP contribution in [0.1, 0.15) is 12.8 Å². The van der Waals surface area contributed by atoms with E-state index < -0.39 is 12.2 Å². The second kappa shape index (κ2) is 5.01. The largest absolute Gasteiger partial charge is 0.396 e. The lowest BCUT2D eigenvalue weighted by Gasteiger charge is -2.37. The zero-order chi connectivity index (χ0) is 11.7. The Bertz CT molecular complexity index is 286. The number of nitrogens with zero attached hydrogens (tertiary/aromatic N) is 1. The lowest BCUT2D eigenvalue weighted by atomic mass is 9.81. The molecule has 5 atom stereocenters. The molecule has 0 amide bonds. The van der Waals surface area contributed by atoms with E-state index in [0.717, 1.165) is 5.04 Å². The molecule has 0 unspecified atom stereocenters. The van der Waals surface area contributed by atoms with Gasteiger partial charge in [0, 0.05) is 30.8 Å². The van der Waals surface area contributed by atoms with Crippen LogP contribution in [0.3, 0.4) is 0 Å². The van der Waals surface area contributed by atoms with Gasteiger partial charge in [-0.1, -0.05) is 0 Å². The number of rotatable bonds is 3. The molecule has 4 N–H and O–H groups in total. The highest BCUT2D eigenvalue weighted by atomic mass is 32.2. The fourth-order valence-electron chi connectivity index (χ4n) is 2.33. The summed E-state index contributed by atoms with van der Waals surface area (Å²) in [5, 5.41) is 38.6. The van der Waals surface area contributed by atoms with Crippen LogP contribution >= 0.6 is 11.8 Å². The Hall–Kier alpha value is -0.140. The molecular weight excluding hydrogens is 230 g/mol. The van der Waals surface area contributed by atoms with Crippen LogP contribution < -0.4 is 0 Å². The minimum atomic E-state index is -0.903. The van der Waals surface area contributed by atoms with E-state index in [4.69, 9.17) is 10.2 Å². The molecule has 1 aliphatic carbocycles. The molecular formula is C10H17NO4S. The van der Waals surface area contributed by atoms with Gasteiger partial charge in [-0.05, 0) is 6.42 Å². The van der Waals surface area contributed by atoms with Crippen molar-refractivity contribution in [2.45, 2.75) is 36.3 Å². The van der Waals surface area contributed by atoms with Gasteiger partial charge in [-0.3, -0.25) is 4.99 Å². The Morgan fingerprint density at radius 1 is 1.25 bits per heavy atom. The number of fused-ring (bicyclic) bond motifs is 1. The zero-order valence-electron chi connectivity index (χ0n) is 8.86. The number of aliphatic hydroxyl groups excluding tert-OH is 4. The summed E-state index contributed by atoms with van der Waals surface area (Å²) >= 11 is 1.55. The zero-order valence-corrected chi connectivity index (χ0v) is 9.68. The van der Waals surface area contributed by atoms with Gasteiger partial charge >= 0.3 is 0 Å². The highest BCUT2D eigenvalue weighted by molar-refractivity contribution is 8.14.